The number of ether oxygens (including phenoxy) is 2. The highest BCUT2D eigenvalue weighted by Gasteiger charge is 2.60. The number of piperidine rings is 1. The molecular weight excluding hydrogens is 585 g/mol. The molecule has 2 aliphatic rings. The number of nitrogens with zero attached hydrogens (tertiary/aromatic N) is 2. The number of benzene rings is 1. The first-order valence-electron chi connectivity index (χ1n) is 13.6. The standard InChI is InChI=1S/C27H34F9N3O3/c1-3-20(8-5-17(2)37)41-21-15-19(25(28,29)30)7-6-18(21)16-39-12-4-9-24(39)10-13-38(14-11-24)23(40)42-22(26(31,32)33)27(34,35)36/h6-7,15,20,22,37H,3-5,8-14,16H2,1-2H3. The molecule has 6 nitrogen and oxygen atoms in total. The third kappa shape index (κ3) is 8.44. The number of halogens is 9. The third-order valence-electron chi connectivity index (χ3n) is 7.85. The molecule has 0 aromatic heterocycles. The Kier molecular flexibility index (Phi) is 10.4. The molecule has 1 N–H and O–H groups in total. The first kappa shape index (κ1) is 33.8. The van der Waals surface area contributed by atoms with Crippen molar-refractivity contribution in [3.8, 4) is 5.75 Å². The van der Waals surface area contributed by atoms with Crippen LogP contribution in [0.3, 0.4) is 0 Å². The Morgan fingerprint density at radius 2 is 1.62 bits per heavy atom. The average molecular weight is 620 g/mol. The lowest BCUT2D eigenvalue weighted by molar-refractivity contribution is -0.308. The first-order valence-corrected chi connectivity index (χ1v) is 13.6. The number of rotatable bonds is 9. The molecule has 2 aliphatic heterocycles. The van der Waals surface area contributed by atoms with E-state index in [1.54, 1.807) is 6.92 Å². The van der Waals surface area contributed by atoms with Gasteiger partial charge in [-0.15, -0.1) is 0 Å². The van der Waals surface area contributed by atoms with Crippen molar-refractivity contribution < 1.29 is 53.8 Å². The molecule has 42 heavy (non-hydrogen) atoms. The van der Waals surface area contributed by atoms with Crippen LogP contribution in [-0.4, -0.2) is 71.3 Å². The molecule has 0 bridgehead atoms. The summed E-state index contributed by atoms with van der Waals surface area (Å²) in [5.41, 5.74) is -0.512. The molecule has 1 amide bonds. The van der Waals surface area contributed by atoms with E-state index < -0.39 is 47.9 Å². The maximum absolute atomic E-state index is 13.5. The van der Waals surface area contributed by atoms with Gasteiger partial charge < -0.3 is 19.8 Å². The number of hydrogen-bond acceptors (Lipinski definition) is 5. The van der Waals surface area contributed by atoms with E-state index in [1.165, 1.54) is 6.07 Å². The number of alkyl halides is 9. The quantitative estimate of drug-likeness (QED) is 0.227. The fourth-order valence-corrected chi connectivity index (χ4v) is 5.49. The largest absolute Gasteiger partial charge is 0.490 e. The van der Waals surface area contributed by atoms with Crippen LogP contribution in [0.15, 0.2) is 18.2 Å². The molecule has 1 unspecified atom stereocenters. The molecule has 2 heterocycles. The van der Waals surface area contributed by atoms with Crippen molar-refractivity contribution in [3.05, 3.63) is 29.3 Å². The number of carbonyl (C=O) groups is 1. The molecule has 1 aromatic rings. The first-order chi connectivity index (χ1) is 19.4. The zero-order valence-electron chi connectivity index (χ0n) is 23.2. The minimum absolute atomic E-state index is 0.0627. The second kappa shape index (κ2) is 12.9. The van der Waals surface area contributed by atoms with Gasteiger partial charge in [-0.05, 0) is 70.5 Å². The van der Waals surface area contributed by atoms with Gasteiger partial charge >= 0.3 is 24.6 Å². The van der Waals surface area contributed by atoms with Gasteiger partial charge in [-0.2, -0.15) is 39.5 Å². The minimum Gasteiger partial charge on any atom is -0.490 e. The van der Waals surface area contributed by atoms with Crippen LogP contribution in [0.5, 0.6) is 5.75 Å². The second-order valence-electron chi connectivity index (χ2n) is 10.9. The molecule has 1 atom stereocenters. The van der Waals surface area contributed by atoms with Crippen LogP contribution in [0.25, 0.3) is 0 Å². The predicted molar refractivity (Wildman–Crippen MR) is 134 cm³/mol. The van der Waals surface area contributed by atoms with Crippen LogP contribution < -0.4 is 4.74 Å². The summed E-state index contributed by atoms with van der Waals surface area (Å²) in [7, 11) is 0. The molecule has 0 saturated carbocycles. The smallest absolute Gasteiger partial charge is 0.434 e. The zero-order valence-corrected chi connectivity index (χ0v) is 23.2. The van der Waals surface area contributed by atoms with Gasteiger partial charge in [0.1, 0.15) is 5.75 Å². The normalized spacial score (nSPS) is 18.9. The molecule has 0 aliphatic carbocycles. The summed E-state index contributed by atoms with van der Waals surface area (Å²) in [6.07, 6.45) is -19.4. The van der Waals surface area contributed by atoms with Gasteiger partial charge in [-0.1, -0.05) is 13.0 Å². The van der Waals surface area contributed by atoms with Crippen molar-refractivity contribution in [1.82, 2.24) is 9.80 Å². The molecule has 0 radical (unpaired) electrons. The third-order valence-corrected chi connectivity index (χ3v) is 7.85. The van der Waals surface area contributed by atoms with Crippen LogP contribution in [0.2, 0.25) is 0 Å². The summed E-state index contributed by atoms with van der Waals surface area (Å²) in [6.45, 7) is 3.92. The Balaban J connectivity index is 1.75. The predicted octanol–water partition coefficient (Wildman–Crippen LogP) is 7.74. The van der Waals surface area contributed by atoms with Gasteiger partial charge in [0.15, 0.2) is 0 Å². The van der Waals surface area contributed by atoms with Crippen molar-refractivity contribution >= 4 is 11.8 Å². The lowest BCUT2D eigenvalue weighted by atomic mass is 9.84. The highest BCUT2D eigenvalue weighted by Crippen LogP contribution is 2.42. The van der Waals surface area contributed by atoms with E-state index in [4.69, 9.17) is 10.1 Å². The fourth-order valence-electron chi connectivity index (χ4n) is 5.49. The average Bonchev–Trinajstić information content (AvgIpc) is 3.25. The summed E-state index contributed by atoms with van der Waals surface area (Å²) in [5.74, 6) is 0.0627. The highest BCUT2D eigenvalue weighted by atomic mass is 19.4. The van der Waals surface area contributed by atoms with Gasteiger partial charge in [0, 0.05) is 36.4 Å². The minimum atomic E-state index is -5.82. The van der Waals surface area contributed by atoms with Gasteiger partial charge in [0.05, 0.1) is 11.7 Å². The fraction of sp³-hybridized carbons (Fsp3) is 0.704. The Bertz CT molecular complexity index is 1080. The molecule has 15 heteroatoms. The number of amides is 1. The topological polar surface area (TPSA) is 65.9 Å². The SMILES string of the molecule is CCC(CCC(C)=N)Oc1cc(C(F)(F)F)ccc1CN1CCCC12CCN(C(=O)OC(C(F)(F)F)C(F)(F)F)CC2. The van der Waals surface area contributed by atoms with E-state index >= 15 is 0 Å². The molecule has 2 saturated heterocycles. The molecule has 3 rings (SSSR count). The number of likely N-dealkylation sites (tertiary alicyclic amines) is 2. The summed E-state index contributed by atoms with van der Waals surface area (Å²) in [5, 5.41) is 7.65. The van der Waals surface area contributed by atoms with Crippen molar-refractivity contribution in [2.45, 2.75) is 102 Å². The Morgan fingerprint density at radius 1 is 1.00 bits per heavy atom. The van der Waals surface area contributed by atoms with E-state index in [9.17, 15) is 44.3 Å². The van der Waals surface area contributed by atoms with Gasteiger partial charge in [-0.3, -0.25) is 4.90 Å². The van der Waals surface area contributed by atoms with Crippen LogP contribution in [0.4, 0.5) is 44.3 Å². The van der Waals surface area contributed by atoms with E-state index in [0.29, 0.717) is 49.9 Å². The molecule has 238 valence electrons. The zero-order chi connectivity index (χ0) is 31.5. The summed E-state index contributed by atoms with van der Waals surface area (Å²) >= 11 is 0. The number of carbonyl (C=O) groups excluding carboxylic acids is 1. The van der Waals surface area contributed by atoms with Gasteiger partial charge in [0.2, 0.25) is 0 Å². The maximum atomic E-state index is 13.5. The molecule has 1 aromatic carbocycles. The van der Waals surface area contributed by atoms with E-state index in [2.05, 4.69) is 4.74 Å². The van der Waals surface area contributed by atoms with Gasteiger partial charge in [-0.25, -0.2) is 4.79 Å². The van der Waals surface area contributed by atoms with Crippen LogP contribution in [0.1, 0.15) is 69.9 Å². The van der Waals surface area contributed by atoms with Crippen molar-refractivity contribution in [3.63, 3.8) is 0 Å². The Labute approximate surface area is 237 Å². The van der Waals surface area contributed by atoms with Gasteiger partial charge in [0.25, 0.3) is 6.10 Å². The second-order valence-corrected chi connectivity index (χ2v) is 10.9. The van der Waals surface area contributed by atoms with Crippen molar-refractivity contribution in [1.29, 1.82) is 5.41 Å². The van der Waals surface area contributed by atoms with E-state index in [0.717, 1.165) is 17.0 Å². The number of hydrogen-bond donors (Lipinski definition) is 1. The molecule has 1 spiro atoms. The van der Waals surface area contributed by atoms with Crippen LogP contribution >= 0.6 is 0 Å². The van der Waals surface area contributed by atoms with Crippen molar-refractivity contribution in [2.75, 3.05) is 19.6 Å². The molecule has 2 fully saturated rings. The lowest BCUT2D eigenvalue weighted by Gasteiger charge is -2.45. The van der Waals surface area contributed by atoms with Crippen LogP contribution in [0, 0.1) is 5.41 Å². The van der Waals surface area contributed by atoms with Crippen LogP contribution in [-0.2, 0) is 17.5 Å². The Hall–Kier alpha value is -2.71. The summed E-state index contributed by atoms with van der Waals surface area (Å²) in [6, 6.07) is 3.26. The highest BCUT2D eigenvalue weighted by molar-refractivity contribution is 5.78. The Morgan fingerprint density at radius 3 is 2.14 bits per heavy atom. The van der Waals surface area contributed by atoms with Crippen molar-refractivity contribution in [2.24, 2.45) is 0 Å². The maximum Gasteiger partial charge on any atom is 0.434 e. The summed E-state index contributed by atoms with van der Waals surface area (Å²) < 4.78 is 127. The van der Waals surface area contributed by atoms with E-state index in [1.807, 2.05) is 11.8 Å². The number of nitrogens with one attached hydrogen (secondary N) is 1. The van der Waals surface area contributed by atoms with E-state index in [-0.39, 0.29) is 38.2 Å². The summed E-state index contributed by atoms with van der Waals surface area (Å²) in [4.78, 5) is 15.1. The molecular formula is C27H34F9N3O3. The lowest BCUT2D eigenvalue weighted by Crippen LogP contribution is -2.54. The monoisotopic (exact) mass is 619 g/mol.